The Bertz CT molecular complexity index is 718. The molecule has 9 heteroatoms. The van der Waals surface area contributed by atoms with Crippen LogP contribution in [0.3, 0.4) is 0 Å². The Morgan fingerprint density at radius 3 is 2.37 bits per heavy atom. The van der Waals surface area contributed by atoms with Gasteiger partial charge in [0, 0.05) is 5.56 Å². The van der Waals surface area contributed by atoms with Crippen LogP contribution in [0.15, 0.2) is 24.3 Å². The van der Waals surface area contributed by atoms with Gasteiger partial charge in [0.1, 0.15) is 0 Å². The third kappa shape index (κ3) is 5.21. The van der Waals surface area contributed by atoms with Crippen molar-refractivity contribution < 1.29 is 32.7 Å². The van der Waals surface area contributed by atoms with Crippen LogP contribution in [0.2, 0.25) is 0 Å². The molecule has 27 heavy (non-hydrogen) atoms. The Kier molecular flexibility index (Phi) is 6.12. The molecule has 1 aliphatic carbocycles. The number of carbonyl (C=O) groups excluding carboxylic acids is 2. The zero-order chi connectivity index (χ0) is 20.2. The standard InChI is InChI=1S/C18H21F3N2O4/c1-17(9-3-2-4-13(17)16(26)27)23-14(24)10-22-15(25)11-5-7-12(8-6-11)18(19,20)21/h5-8,13H,2-4,9-10H2,1H3,(H,22,25)(H,23,24)(H,26,27). The maximum atomic E-state index is 12.5. The van der Waals surface area contributed by atoms with E-state index < -0.39 is 47.5 Å². The zero-order valence-corrected chi connectivity index (χ0v) is 14.7. The van der Waals surface area contributed by atoms with Gasteiger partial charge >= 0.3 is 12.1 Å². The van der Waals surface area contributed by atoms with Crippen LogP contribution in [0, 0.1) is 5.92 Å². The minimum Gasteiger partial charge on any atom is -0.481 e. The number of rotatable bonds is 5. The molecule has 1 aliphatic rings. The molecule has 0 heterocycles. The number of halogens is 3. The predicted octanol–water partition coefficient (Wildman–Crippen LogP) is 2.58. The first-order valence-corrected chi connectivity index (χ1v) is 8.52. The van der Waals surface area contributed by atoms with Crippen LogP contribution in [-0.2, 0) is 15.8 Å². The molecule has 1 aromatic rings. The van der Waals surface area contributed by atoms with Crippen molar-refractivity contribution in [3.63, 3.8) is 0 Å². The number of carboxylic acid groups (broad SMARTS) is 1. The highest BCUT2D eigenvalue weighted by Gasteiger charge is 2.42. The van der Waals surface area contributed by atoms with Gasteiger partial charge < -0.3 is 15.7 Å². The topological polar surface area (TPSA) is 95.5 Å². The number of hydrogen-bond donors (Lipinski definition) is 3. The minimum atomic E-state index is -4.50. The molecule has 0 spiro atoms. The summed E-state index contributed by atoms with van der Waals surface area (Å²) in [5.74, 6) is -2.93. The molecule has 2 rings (SSSR count). The Morgan fingerprint density at radius 1 is 1.19 bits per heavy atom. The SMILES string of the molecule is CC1(NC(=O)CNC(=O)c2ccc(C(F)(F)F)cc2)CCCCC1C(=O)O. The molecular weight excluding hydrogens is 365 g/mol. The molecule has 0 aromatic heterocycles. The van der Waals surface area contributed by atoms with Crippen molar-refractivity contribution in [2.45, 2.75) is 44.3 Å². The van der Waals surface area contributed by atoms with Crippen molar-refractivity contribution in [2.75, 3.05) is 6.54 Å². The summed E-state index contributed by atoms with van der Waals surface area (Å²) in [5.41, 5.74) is -1.79. The van der Waals surface area contributed by atoms with E-state index >= 15 is 0 Å². The van der Waals surface area contributed by atoms with Gasteiger partial charge in [0.2, 0.25) is 5.91 Å². The first-order chi connectivity index (χ1) is 12.5. The molecule has 148 valence electrons. The van der Waals surface area contributed by atoms with E-state index in [1.165, 1.54) is 0 Å². The van der Waals surface area contributed by atoms with Crippen LogP contribution in [0.25, 0.3) is 0 Å². The van der Waals surface area contributed by atoms with E-state index in [1.54, 1.807) is 6.92 Å². The van der Waals surface area contributed by atoms with Crippen molar-refractivity contribution in [3.05, 3.63) is 35.4 Å². The molecule has 0 radical (unpaired) electrons. The fraction of sp³-hybridized carbons (Fsp3) is 0.500. The quantitative estimate of drug-likeness (QED) is 0.725. The second-order valence-corrected chi connectivity index (χ2v) is 6.86. The fourth-order valence-electron chi connectivity index (χ4n) is 3.31. The van der Waals surface area contributed by atoms with Gasteiger partial charge in [0.25, 0.3) is 5.91 Å². The molecule has 3 N–H and O–H groups in total. The smallest absolute Gasteiger partial charge is 0.416 e. The first kappa shape index (κ1) is 20.7. The van der Waals surface area contributed by atoms with Crippen LogP contribution in [-0.4, -0.2) is 35.0 Å². The summed E-state index contributed by atoms with van der Waals surface area (Å²) in [5, 5.41) is 14.3. The summed E-state index contributed by atoms with van der Waals surface area (Å²) in [6.45, 7) is 1.27. The lowest BCUT2D eigenvalue weighted by atomic mass is 9.74. The summed E-state index contributed by atoms with van der Waals surface area (Å²) in [6.07, 6.45) is -1.96. The number of carbonyl (C=O) groups is 3. The second kappa shape index (κ2) is 7.98. The van der Waals surface area contributed by atoms with E-state index in [9.17, 15) is 32.7 Å². The Morgan fingerprint density at radius 2 is 1.81 bits per heavy atom. The highest BCUT2D eigenvalue weighted by Crippen LogP contribution is 2.33. The van der Waals surface area contributed by atoms with Crippen molar-refractivity contribution in [2.24, 2.45) is 5.92 Å². The molecule has 1 aromatic carbocycles. The van der Waals surface area contributed by atoms with Crippen LogP contribution in [0.5, 0.6) is 0 Å². The Hall–Kier alpha value is -2.58. The van der Waals surface area contributed by atoms with Gasteiger partial charge in [-0.2, -0.15) is 13.2 Å². The summed E-state index contributed by atoms with van der Waals surface area (Å²) in [6, 6.07) is 3.63. The number of amides is 2. The van der Waals surface area contributed by atoms with Gasteiger partial charge in [-0.05, 0) is 44.0 Å². The second-order valence-electron chi connectivity index (χ2n) is 6.86. The van der Waals surface area contributed by atoms with E-state index in [0.29, 0.717) is 12.8 Å². The fourth-order valence-corrected chi connectivity index (χ4v) is 3.31. The van der Waals surface area contributed by atoms with E-state index in [2.05, 4.69) is 10.6 Å². The molecular formula is C18H21F3N2O4. The van der Waals surface area contributed by atoms with E-state index in [0.717, 1.165) is 37.1 Å². The lowest BCUT2D eigenvalue weighted by Crippen LogP contribution is -2.57. The molecule has 1 fully saturated rings. The number of nitrogens with one attached hydrogen (secondary N) is 2. The largest absolute Gasteiger partial charge is 0.481 e. The van der Waals surface area contributed by atoms with Crippen LogP contribution in [0.1, 0.15) is 48.5 Å². The maximum absolute atomic E-state index is 12.5. The summed E-state index contributed by atoms with van der Waals surface area (Å²) < 4.78 is 37.6. The summed E-state index contributed by atoms with van der Waals surface area (Å²) in [4.78, 5) is 35.5. The molecule has 0 aliphatic heterocycles. The van der Waals surface area contributed by atoms with Crippen molar-refractivity contribution in [3.8, 4) is 0 Å². The van der Waals surface area contributed by atoms with Crippen molar-refractivity contribution >= 4 is 17.8 Å². The average Bonchev–Trinajstić information content (AvgIpc) is 2.58. The van der Waals surface area contributed by atoms with Crippen molar-refractivity contribution in [1.29, 1.82) is 0 Å². The zero-order valence-electron chi connectivity index (χ0n) is 14.7. The highest BCUT2D eigenvalue weighted by atomic mass is 19.4. The Balaban J connectivity index is 1.92. The molecule has 0 saturated heterocycles. The molecule has 2 amide bonds. The summed E-state index contributed by atoms with van der Waals surface area (Å²) >= 11 is 0. The number of aliphatic carboxylic acids is 1. The van der Waals surface area contributed by atoms with Gasteiger partial charge in [-0.15, -0.1) is 0 Å². The summed E-state index contributed by atoms with van der Waals surface area (Å²) in [7, 11) is 0. The van der Waals surface area contributed by atoms with E-state index in [-0.39, 0.29) is 5.56 Å². The lowest BCUT2D eigenvalue weighted by Gasteiger charge is -2.39. The molecule has 2 atom stereocenters. The molecule has 2 unspecified atom stereocenters. The third-order valence-corrected chi connectivity index (χ3v) is 4.81. The number of benzene rings is 1. The molecule has 6 nitrogen and oxygen atoms in total. The van der Waals surface area contributed by atoms with Crippen molar-refractivity contribution in [1.82, 2.24) is 10.6 Å². The normalized spacial score (nSPS) is 22.7. The van der Waals surface area contributed by atoms with E-state index in [1.807, 2.05) is 0 Å². The number of carboxylic acids is 1. The predicted molar refractivity (Wildman–Crippen MR) is 89.9 cm³/mol. The lowest BCUT2D eigenvalue weighted by molar-refractivity contribution is -0.146. The molecule has 1 saturated carbocycles. The van der Waals surface area contributed by atoms with Gasteiger partial charge in [-0.1, -0.05) is 12.8 Å². The third-order valence-electron chi connectivity index (χ3n) is 4.81. The molecule has 0 bridgehead atoms. The van der Waals surface area contributed by atoms with Gasteiger partial charge in [-0.25, -0.2) is 0 Å². The average molecular weight is 386 g/mol. The first-order valence-electron chi connectivity index (χ1n) is 8.52. The monoisotopic (exact) mass is 386 g/mol. The highest BCUT2D eigenvalue weighted by molar-refractivity contribution is 5.96. The number of alkyl halides is 3. The number of hydrogen-bond acceptors (Lipinski definition) is 3. The van der Waals surface area contributed by atoms with Gasteiger partial charge in [0.05, 0.1) is 23.6 Å². The van der Waals surface area contributed by atoms with Crippen LogP contribution < -0.4 is 10.6 Å². The van der Waals surface area contributed by atoms with Crippen LogP contribution in [0.4, 0.5) is 13.2 Å². The maximum Gasteiger partial charge on any atom is 0.416 e. The van der Waals surface area contributed by atoms with Gasteiger partial charge in [0.15, 0.2) is 0 Å². The Labute approximate surface area is 154 Å². The minimum absolute atomic E-state index is 0.0110. The van der Waals surface area contributed by atoms with Crippen LogP contribution >= 0.6 is 0 Å². The van der Waals surface area contributed by atoms with Gasteiger partial charge in [-0.3, -0.25) is 14.4 Å². The van der Waals surface area contributed by atoms with E-state index in [4.69, 9.17) is 0 Å².